The van der Waals surface area contributed by atoms with Crippen molar-refractivity contribution < 1.29 is 5.11 Å². The number of nitrogens with one attached hydrogen (secondary N) is 1. The highest BCUT2D eigenvalue weighted by molar-refractivity contribution is 5.08. The van der Waals surface area contributed by atoms with E-state index in [2.05, 4.69) is 28.2 Å². The molecule has 0 aliphatic carbocycles. The van der Waals surface area contributed by atoms with Gasteiger partial charge in [-0.05, 0) is 31.5 Å². The molecular weight excluding hydrogens is 214 g/mol. The lowest BCUT2D eigenvalue weighted by molar-refractivity contribution is 0.165. The van der Waals surface area contributed by atoms with Crippen LogP contribution in [0.2, 0.25) is 0 Å². The molecular formula is C13H21N3O. The summed E-state index contributed by atoms with van der Waals surface area (Å²) in [6.07, 6.45) is 4.84. The van der Waals surface area contributed by atoms with Crippen LogP contribution >= 0.6 is 0 Å². The van der Waals surface area contributed by atoms with E-state index in [-0.39, 0.29) is 12.6 Å². The van der Waals surface area contributed by atoms with Gasteiger partial charge in [0.1, 0.15) is 0 Å². The molecule has 0 spiro atoms. The molecule has 2 atom stereocenters. The van der Waals surface area contributed by atoms with E-state index in [0.717, 1.165) is 26.1 Å². The summed E-state index contributed by atoms with van der Waals surface area (Å²) in [6, 6.07) is 4.81. The molecule has 1 aromatic heterocycles. The van der Waals surface area contributed by atoms with E-state index in [0.29, 0.717) is 6.04 Å². The summed E-state index contributed by atoms with van der Waals surface area (Å²) >= 11 is 0. The van der Waals surface area contributed by atoms with Crippen molar-refractivity contribution in [2.24, 2.45) is 0 Å². The van der Waals surface area contributed by atoms with Crippen molar-refractivity contribution >= 4 is 0 Å². The highest BCUT2D eigenvalue weighted by Crippen LogP contribution is 2.13. The quantitative estimate of drug-likeness (QED) is 0.806. The predicted molar refractivity (Wildman–Crippen MR) is 67.6 cm³/mol. The van der Waals surface area contributed by atoms with Crippen LogP contribution in [-0.2, 0) is 6.54 Å². The zero-order valence-electron chi connectivity index (χ0n) is 10.3. The molecule has 1 aliphatic heterocycles. The maximum atomic E-state index is 9.28. The van der Waals surface area contributed by atoms with Gasteiger partial charge in [-0.1, -0.05) is 6.07 Å². The number of aromatic nitrogens is 1. The molecule has 17 heavy (non-hydrogen) atoms. The van der Waals surface area contributed by atoms with Crippen molar-refractivity contribution in [1.82, 2.24) is 15.2 Å². The van der Waals surface area contributed by atoms with Crippen LogP contribution in [0.4, 0.5) is 0 Å². The Kier molecular flexibility index (Phi) is 4.48. The van der Waals surface area contributed by atoms with E-state index in [4.69, 9.17) is 0 Å². The van der Waals surface area contributed by atoms with Gasteiger partial charge in [-0.15, -0.1) is 0 Å². The van der Waals surface area contributed by atoms with Crippen LogP contribution < -0.4 is 5.32 Å². The Labute approximate surface area is 103 Å². The second-order valence-electron chi connectivity index (χ2n) is 4.76. The predicted octanol–water partition coefficient (Wildman–Crippen LogP) is 0.626. The van der Waals surface area contributed by atoms with E-state index in [1.807, 2.05) is 12.3 Å². The van der Waals surface area contributed by atoms with E-state index >= 15 is 0 Å². The van der Waals surface area contributed by atoms with Crippen molar-refractivity contribution in [3.8, 4) is 0 Å². The average Bonchev–Trinajstić information content (AvgIpc) is 2.53. The van der Waals surface area contributed by atoms with E-state index in [1.165, 1.54) is 5.56 Å². The normalized spacial score (nSPS) is 26.7. The minimum atomic E-state index is 0.191. The van der Waals surface area contributed by atoms with Gasteiger partial charge in [0.25, 0.3) is 0 Å². The summed E-state index contributed by atoms with van der Waals surface area (Å²) < 4.78 is 0. The molecule has 2 rings (SSSR count). The van der Waals surface area contributed by atoms with Gasteiger partial charge in [-0.25, -0.2) is 0 Å². The van der Waals surface area contributed by atoms with Gasteiger partial charge in [-0.3, -0.25) is 9.88 Å². The number of nitrogens with zero attached hydrogens (tertiary/aromatic N) is 2. The first kappa shape index (κ1) is 12.5. The van der Waals surface area contributed by atoms with Gasteiger partial charge in [0.05, 0.1) is 6.61 Å². The lowest BCUT2D eigenvalue weighted by atomic mass is 10.1. The Morgan fingerprint density at radius 2 is 2.47 bits per heavy atom. The summed E-state index contributed by atoms with van der Waals surface area (Å²) in [5.41, 5.74) is 1.23. The van der Waals surface area contributed by atoms with Crippen molar-refractivity contribution in [3.05, 3.63) is 30.1 Å². The zero-order chi connectivity index (χ0) is 12.1. The maximum Gasteiger partial charge on any atom is 0.0597 e. The Hall–Kier alpha value is -0.970. The third-order valence-electron chi connectivity index (χ3n) is 3.40. The number of pyridine rings is 1. The van der Waals surface area contributed by atoms with Crippen LogP contribution in [-0.4, -0.2) is 46.8 Å². The molecule has 1 fully saturated rings. The zero-order valence-corrected chi connectivity index (χ0v) is 10.3. The lowest BCUT2D eigenvalue weighted by Crippen LogP contribution is -2.41. The fourth-order valence-corrected chi connectivity index (χ4v) is 2.28. The van der Waals surface area contributed by atoms with Gasteiger partial charge in [0.15, 0.2) is 0 Å². The first-order chi connectivity index (χ1) is 8.29. The molecule has 0 bridgehead atoms. The second kappa shape index (κ2) is 6.10. The smallest absolute Gasteiger partial charge is 0.0597 e. The molecule has 1 aromatic rings. The molecule has 0 amide bonds. The molecule has 2 unspecified atom stereocenters. The van der Waals surface area contributed by atoms with Gasteiger partial charge < -0.3 is 10.4 Å². The van der Waals surface area contributed by atoms with Crippen LogP contribution in [0, 0.1) is 0 Å². The number of hydrogen-bond donors (Lipinski definition) is 2. The molecule has 2 heterocycles. The van der Waals surface area contributed by atoms with E-state index in [9.17, 15) is 5.11 Å². The van der Waals surface area contributed by atoms with Crippen LogP contribution in [0.5, 0.6) is 0 Å². The number of aliphatic hydroxyl groups excluding tert-OH is 1. The Balaban J connectivity index is 2.01. The Morgan fingerprint density at radius 1 is 1.59 bits per heavy atom. The molecule has 1 saturated heterocycles. The minimum absolute atomic E-state index is 0.191. The fourth-order valence-electron chi connectivity index (χ4n) is 2.28. The van der Waals surface area contributed by atoms with Crippen molar-refractivity contribution in [2.75, 3.05) is 19.7 Å². The van der Waals surface area contributed by atoms with E-state index < -0.39 is 0 Å². The van der Waals surface area contributed by atoms with E-state index in [1.54, 1.807) is 6.20 Å². The number of rotatable bonds is 3. The van der Waals surface area contributed by atoms with Crippen LogP contribution in [0.25, 0.3) is 0 Å². The molecule has 4 heteroatoms. The molecule has 2 N–H and O–H groups in total. The molecule has 4 nitrogen and oxygen atoms in total. The lowest BCUT2D eigenvalue weighted by Gasteiger charge is -2.28. The number of aliphatic hydroxyl groups is 1. The average molecular weight is 235 g/mol. The second-order valence-corrected chi connectivity index (χ2v) is 4.76. The first-order valence-corrected chi connectivity index (χ1v) is 6.27. The minimum Gasteiger partial charge on any atom is -0.395 e. The van der Waals surface area contributed by atoms with Gasteiger partial charge in [0, 0.05) is 37.6 Å². The molecule has 1 aliphatic rings. The topological polar surface area (TPSA) is 48.4 Å². The Morgan fingerprint density at radius 3 is 3.18 bits per heavy atom. The monoisotopic (exact) mass is 235 g/mol. The third kappa shape index (κ3) is 3.49. The largest absolute Gasteiger partial charge is 0.395 e. The number of hydrogen-bond acceptors (Lipinski definition) is 4. The fraction of sp³-hybridized carbons (Fsp3) is 0.615. The first-order valence-electron chi connectivity index (χ1n) is 6.27. The SMILES string of the molecule is CC1CCNC(CO)CN1Cc1cccnc1. The molecule has 0 radical (unpaired) electrons. The standard InChI is InChI=1S/C13H21N3O/c1-11-4-6-15-13(10-17)9-16(11)8-12-3-2-5-14-7-12/h2-3,5,7,11,13,15,17H,4,6,8-10H2,1H3. The molecule has 0 aromatic carbocycles. The highest BCUT2D eigenvalue weighted by Gasteiger charge is 2.22. The summed E-state index contributed by atoms with van der Waals surface area (Å²) in [5.74, 6) is 0. The van der Waals surface area contributed by atoms with Gasteiger partial charge in [0.2, 0.25) is 0 Å². The van der Waals surface area contributed by atoms with Crippen LogP contribution in [0.1, 0.15) is 18.9 Å². The van der Waals surface area contributed by atoms with Crippen molar-refractivity contribution in [3.63, 3.8) is 0 Å². The maximum absolute atomic E-state index is 9.28. The summed E-state index contributed by atoms with van der Waals surface area (Å²) in [7, 11) is 0. The van der Waals surface area contributed by atoms with Crippen LogP contribution in [0.15, 0.2) is 24.5 Å². The van der Waals surface area contributed by atoms with Crippen LogP contribution in [0.3, 0.4) is 0 Å². The summed E-state index contributed by atoms with van der Waals surface area (Å²) in [5, 5.41) is 12.7. The van der Waals surface area contributed by atoms with Gasteiger partial charge >= 0.3 is 0 Å². The van der Waals surface area contributed by atoms with Crippen molar-refractivity contribution in [2.45, 2.75) is 32.0 Å². The Bertz CT molecular complexity index is 331. The summed E-state index contributed by atoms with van der Waals surface area (Å²) in [6.45, 7) is 5.24. The van der Waals surface area contributed by atoms with Crippen molar-refractivity contribution in [1.29, 1.82) is 0 Å². The third-order valence-corrected chi connectivity index (χ3v) is 3.40. The summed E-state index contributed by atoms with van der Waals surface area (Å²) in [4.78, 5) is 6.56. The highest BCUT2D eigenvalue weighted by atomic mass is 16.3. The van der Waals surface area contributed by atoms with Gasteiger partial charge in [-0.2, -0.15) is 0 Å². The molecule has 94 valence electrons. The molecule has 0 saturated carbocycles.